The number of nitrogens with one attached hydrogen (secondary N) is 3. The molecule has 0 aliphatic heterocycles. The number of amides is 4. The van der Waals surface area contributed by atoms with E-state index in [-0.39, 0.29) is 11.3 Å². The van der Waals surface area contributed by atoms with Gasteiger partial charge in [-0.1, -0.05) is 13.0 Å². The molecule has 15 heteroatoms. The van der Waals surface area contributed by atoms with Gasteiger partial charge in [0.05, 0.1) is 29.3 Å². The Hall–Kier alpha value is -4.63. The summed E-state index contributed by atoms with van der Waals surface area (Å²) in [7, 11) is 2.87. The fraction of sp³-hybridized carbons (Fsp3) is 0.531. The van der Waals surface area contributed by atoms with E-state index in [0.29, 0.717) is 5.56 Å². The van der Waals surface area contributed by atoms with Gasteiger partial charge in [0, 0.05) is 22.6 Å². The second kappa shape index (κ2) is 11.6. The number of carbonyl (C=O) groups is 5. The van der Waals surface area contributed by atoms with Gasteiger partial charge in [0.25, 0.3) is 5.91 Å². The van der Waals surface area contributed by atoms with E-state index in [1.807, 2.05) is 0 Å². The van der Waals surface area contributed by atoms with E-state index in [9.17, 15) is 44.4 Å². The Bertz CT molecular complexity index is 1630. The molecule has 256 valence electrons. The van der Waals surface area contributed by atoms with Crippen LogP contribution in [0.5, 0.6) is 5.75 Å². The number of aromatic hydroxyl groups is 1. The highest BCUT2D eigenvalue weighted by molar-refractivity contribution is 6.25. The molecule has 1 fully saturated rings. The molecule has 47 heavy (non-hydrogen) atoms. The lowest BCUT2D eigenvalue weighted by Gasteiger charge is -2.54. The number of hydrogen-bond acceptors (Lipinski definition) is 11. The molecule has 3 aliphatic carbocycles. The first-order valence-electron chi connectivity index (χ1n) is 15.0. The molecule has 0 radical (unpaired) electrons. The molecule has 0 spiro atoms. The van der Waals surface area contributed by atoms with Gasteiger partial charge in [-0.3, -0.25) is 19.3 Å². The first kappa shape index (κ1) is 35.2. The molecule has 9 N–H and O–H groups in total. The minimum atomic E-state index is -2.92. The Balaban J connectivity index is 2.03. The molecule has 6 atom stereocenters. The third-order valence-corrected chi connectivity index (χ3v) is 8.57. The summed E-state index contributed by atoms with van der Waals surface area (Å²) in [5.74, 6) is -10.1. The number of aliphatic hydroxyl groups is 3. The minimum absolute atomic E-state index is 0.116. The van der Waals surface area contributed by atoms with E-state index in [4.69, 9.17) is 10.5 Å². The molecule has 0 unspecified atom stereocenters. The maximum atomic E-state index is 14.8. The lowest BCUT2D eigenvalue weighted by molar-refractivity contribution is -0.170. The molecule has 0 bridgehead atoms. The molecule has 4 amide bonds. The van der Waals surface area contributed by atoms with Crippen molar-refractivity contribution in [3.05, 3.63) is 40.2 Å². The van der Waals surface area contributed by atoms with Crippen molar-refractivity contribution in [1.82, 2.24) is 15.5 Å². The highest BCUT2D eigenvalue weighted by Gasteiger charge is 2.71. The number of anilines is 1. The van der Waals surface area contributed by atoms with Gasteiger partial charge in [-0.2, -0.15) is 0 Å². The average Bonchev–Trinajstić information content (AvgIpc) is 2.89. The monoisotopic (exact) mass is 657 g/mol. The van der Waals surface area contributed by atoms with Gasteiger partial charge in [0.15, 0.2) is 11.5 Å². The molecular weight excluding hydrogens is 614 g/mol. The number of ether oxygens (including phenoxy) is 1. The number of ketones is 2. The number of fused-ring (bicyclic) bond motifs is 3. The summed E-state index contributed by atoms with van der Waals surface area (Å²) in [6.07, 6.45) is -3.01. The average molecular weight is 658 g/mol. The van der Waals surface area contributed by atoms with E-state index >= 15 is 0 Å². The number of Topliss-reactive ketones (excluding diaryl/α,β-unsaturated/α-hetero) is 2. The van der Waals surface area contributed by atoms with Gasteiger partial charge in [-0.25, -0.2) is 9.59 Å². The molecule has 1 saturated carbocycles. The van der Waals surface area contributed by atoms with Crippen LogP contribution in [-0.2, 0) is 19.1 Å². The van der Waals surface area contributed by atoms with Crippen molar-refractivity contribution in [1.29, 1.82) is 0 Å². The Labute approximate surface area is 271 Å². The summed E-state index contributed by atoms with van der Waals surface area (Å²) in [4.78, 5) is 68.3. The van der Waals surface area contributed by atoms with Crippen LogP contribution in [0, 0.1) is 11.8 Å². The number of alkyl carbamates (subject to hydrolysis) is 1. The van der Waals surface area contributed by atoms with Gasteiger partial charge < -0.3 is 46.8 Å². The largest absolute Gasteiger partial charge is 0.507 e. The number of carbonyl (C=O) groups excluding carboxylic acids is 5. The maximum Gasteiger partial charge on any atom is 0.409 e. The molecule has 4 rings (SSSR count). The van der Waals surface area contributed by atoms with Gasteiger partial charge in [0.2, 0.25) is 11.4 Å². The normalized spacial score (nSPS) is 27.5. The topological polar surface area (TPSA) is 241 Å². The van der Waals surface area contributed by atoms with Crippen LogP contribution in [0.1, 0.15) is 65.5 Å². The number of nitrogens with zero attached hydrogens (tertiary/aromatic N) is 1. The quantitative estimate of drug-likeness (QED) is 0.172. The number of urea groups is 1. The Kier molecular flexibility index (Phi) is 8.66. The van der Waals surface area contributed by atoms with Crippen LogP contribution in [0.15, 0.2) is 29.0 Å². The molecule has 0 saturated heterocycles. The number of primary amides is 1. The van der Waals surface area contributed by atoms with Gasteiger partial charge in [-0.05, 0) is 73.2 Å². The van der Waals surface area contributed by atoms with Crippen LogP contribution >= 0.6 is 0 Å². The summed E-state index contributed by atoms with van der Waals surface area (Å²) in [5, 5.41) is 54.5. The lowest BCUT2D eigenvalue weighted by Crippen LogP contribution is -2.72. The summed E-state index contributed by atoms with van der Waals surface area (Å²) >= 11 is 0. The number of benzene rings is 1. The van der Waals surface area contributed by atoms with Crippen molar-refractivity contribution in [3.8, 4) is 5.75 Å². The van der Waals surface area contributed by atoms with Crippen molar-refractivity contribution in [2.45, 2.75) is 83.2 Å². The third-order valence-electron chi connectivity index (χ3n) is 8.57. The van der Waals surface area contributed by atoms with Crippen LogP contribution in [0.4, 0.5) is 15.3 Å². The van der Waals surface area contributed by atoms with Crippen LogP contribution in [0.2, 0.25) is 0 Å². The van der Waals surface area contributed by atoms with E-state index in [1.54, 1.807) is 48.5 Å². The minimum Gasteiger partial charge on any atom is -0.507 e. The lowest BCUT2D eigenvalue weighted by atomic mass is 9.54. The van der Waals surface area contributed by atoms with Gasteiger partial charge in [0.1, 0.15) is 17.1 Å². The number of phenols is 1. The molecule has 1 aromatic rings. The summed E-state index contributed by atoms with van der Waals surface area (Å²) in [6, 6.07) is 0.728. The van der Waals surface area contributed by atoms with E-state index in [1.165, 1.54) is 31.1 Å². The zero-order valence-electron chi connectivity index (χ0n) is 27.8. The van der Waals surface area contributed by atoms with Crippen LogP contribution in [0.25, 0.3) is 5.76 Å². The van der Waals surface area contributed by atoms with Crippen molar-refractivity contribution in [2.75, 3.05) is 19.4 Å². The zero-order chi connectivity index (χ0) is 35.7. The van der Waals surface area contributed by atoms with Crippen LogP contribution < -0.4 is 21.7 Å². The van der Waals surface area contributed by atoms with Crippen LogP contribution in [0.3, 0.4) is 0 Å². The highest BCUT2D eigenvalue weighted by atomic mass is 16.6. The van der Waals surface area contributed by atoms with Gasteiger partial charge in [-0.15, -0.1) is 0 Å². The second-order valence-electron chi connectivity index (χ2n) is 14.5. The molecule has 15 nitrogen and oxygen atoms in total. The van der Waals surface area contributed by atoms with E-state index in [0.717, 1.165) is 0 Å². The first-order chi connectivity index (χ1) is 21.5. The molecule has 3 aliphatic rings. The molecule has 1 aromatic carbocycles. The highest BCUT2D eigenvalue weighted by Crippen LogP contribution is 2.57. The SMILES string of the molecule is C[C@H]1c2ccc(NC(=O)NC(C)(C)C)c(O)c2C(O)=C2C(=O)[C@@]3(OC(=O)NC(C)(C)C)C(O)=C(C(N)=O)C(=O)[C@@H](N(C)C)[C@H]3[C@@H](O)[C@H]21. The third kappa shape index (κ3) is 5.78. The standard InChI is InChI=1S/C32H43N5O10/c1-12-13-10-11-14(34-28(45)35-30(2,3)4)21(38)16(13)22(39)17-15(12)23(40)19-20(37(8)9)24(41)18(27(33)44)26(43)32(19,25(17)42)47-29(46)36-31(5,6)7/h10-12,15,19-20,23,38-40,43H,1-9H3,(H2,33,44)(H,36,46)(H2,34,35,45)/t12-,15-,19-,20-,23-,32+/m0/s1. The van der Waals surface area contributed by atoms with Crippen molar-refractivity contribution < 1.29 is 49.1 Å². The fourth-order valence-corrected chi connectivity index (χ4v) is 6.83. The Morgan fingerprint density at radius 2 is 1.55 bits per heavy atom. The molecular formula is C32H43N5O10. The molecule has 0 heterocycles. The second-order valence-corrected chi connectivity index (χ2v) is 14.5. The zero-order valence-corrected chi connectivity index (χ0v) is 27.8. The smallest absolute Gasteiger partial charge is 0.409 e. The van der Waals surface area contributed by atoms with Crippen molar-refractivity contribution in [3.63, 3.8) is 0 Å². The van der Waals surface area contributed by atoms with Crippen molar-refractivity contribution >= 4 is 41.0 Å². The predicted molar refractivity (Wildman–Crippen MR) is 169 cm³/mol. The maximum absolute atomic E-state index is 14.8. The summed E-state index contributed by atoms with van der Waals surface area (Å²) in [6.45, 7) is 11.7. The first-order valence-corrected chi connectivity index (χ1v) is 15.0. The number of aliphatic hydroxyl groups excluding tert-OH is 3. The fourth-order valence-electron chi connectivity index (χ4n) is 6.83. The number of phenolic OH excluding ortho intramolecular Hbond substituents is 1. The van der Waals surface area contributed by atoms with Crippen molar-refractivity contribution in [2.24, 2.45) is 17.6 Å². The Morgan fingerprint density at radius 3 is 2.06 bits per heavy atom. The Morgan fingerprint density at radius 1 is 0.979 bits per heavy atom. The number of nitrogens with two attached hydrogens (primary N) is 1. The van der Waals surface area contributed by atoms with E-state index in [2.05, 4.69) is 16.0 Å². The number of hydrogen-bond donors (Lipinski definition) is 8. The number of likely N-dealkylation sites (N-methyl/N-ethyl adjacent to an activating group) is 1. The summed E-state index contributed by atoms with van der Waals surface area (Å²) in [5.41, 5.74) is -0.581. The number of rotatable bonds is 4. The predicted octanol–water partition coefficient (Wildman–Crippen LogP) is 1.95. The van der Waals surface area contributed by atoms with Crippen LogP contribution in [-0.4, -0.2) is 97.8 Å². The molecule has 0 aromatic heterocycles. The van der Waals surface area contributed by atoms with E-state index < -0.39 is 105 Å². The summed E-state index contributed by atoms with van der Waals surface area (Å²) < 4.78 is 5.71. The van der Waals surface area contributed by atoms with Gasteiger partial charge >= 0.3 is 12.1 Å².